The Morgan fingerprint density at radius 1 is 1.67 bits per heavy atom. The fraction of sp³-hybridized carbons (Fsp3) is 0.167. The molecule has 0 aliphatic carbocycles. The van der Waals surface area contributed by atoms with Gasteiger partial charge in [0, 0.05) is 0 Å². The van der Waals surface area contributed by atoms with Gasteiger partial charge in [0.25, 0.3) is 0 Å². The molecule has 1 heterocycles. The summed E-state index contributed by atoms with van der Waals surface area (Å²) in [7, 11) is 0. The number of carbonyl (C=O) groups is 1. The molecule has 3 nitrogen and oxygen atoms in total. The molecule has 12 heavy (non-hydrogen) atoms. The maximum absolute atomic E-state index is 12.3. The number of rotatable bonds is 3. The first-order valence-corrected chi connectivity index (χ1v) is 3.74. The number of alkyl halides is 2. The summed E-state index contributed by atoms with van der Waals surface area (Å²) in [6, 6.07) is 2.75. The molecule has 0 aromatic carbocycles. The van der Waals surface area contributed by atoms with Crippen molar-refractivity contribution in [3.63, 3.8) is 0 Å². The Morgan fingerprint density at radius 3 is 2.75 bits per heavy atom. The van der Waals surface area contributed by atoms with E-state index in [1.807, 2.05) is 0 Å². The highest BCUT2D eigenvalue weighted by atomic mass is 32.1. The van der Waals surface area contributed by atoms with Gasteiger partial charge in [-0.15, -0.1) is 11.3 Å². The third-order valence-electron chi connectivity index (χ3n) is 0.973. The van der Waals surface area contributed by atoms with Crippen LogP contribution in [0.4, 0.5) is 8.78 Å². The van der Waals surface area contributed by atoms with Gasteiger partial charge in [-0.1, -0.05) is 0 Å². The fourth-order valence-corrected chi connectivity index (χ4v) is 1.09. The molecule has 0 amide bonds. The van der Waals surface area contributed by atoms with Crippen molar-refractivity contribution in [1.29, 1.82) is 0 Å². The molecular formula is C6H4F2O3S. The normalized spacial score (nSPS) is 11.2. The van der Waals surface area contributed by atoms with Crippen molar-refractivity contribution < 1.29 is 23.4 Å². The lowest BCUT2D eigenvalue weighted by molar-refractivity contribution is -0.210. The zero-order valence-corrected chi connectivity index (χ0v) is 6.48. The van der Waals surface area contributed by atoms with Crippen LogP contribution in [0.2, 0.25) is 0 Å². The summed E-state index contributed by atoms with van der Waals surface area (Å²) in [6.07, 6.45) is -4.15. The first-order valence-electron chi connectivity index (χ1n) is 2.86. The van der Waals surface area contributed by atoms with Crippen LogP contribution in [0.1, 0.15) is 0 Å². The molecule has 6 heteroatoms. The van der Waals surface area contributed by atoms with E-state index in [9.17, 15) is 13.6 Å². The first-order chi connectivity index (χ1) is 5.52. The van der Waals surface area contributed by atoms with Gasteiger partial charge in [0.1, 0.15) is 0 Å². The maximum atomic E-state index is 12.3. The largest absolute Gasteiger partial charge is 0.502 e. The quantitative estimate of drug-likeness (QED) is 0.798. The second-order valence-corrected chi connectivity index (χ2v) is 2.77. The van der Waals surface area contributed by atoms with Crippen molar-refractivity contribution >= 4 is 17.3 Å². The highest BCUT2D eigenvalue weighted by Gasteiger charge is 2.42. The summed E-state index contributed by atoms with van der Waals surface area (Å²) in [5, 5.41) is 9.35. The van der Waals surface area contributed by atoms with Crippen molar-refractivity contribution in [3.8, 4) is 5.06 Å². The van der Waals surface area contributed by atoms with Gasteiger partial charge in [0.2, 0.25) is 0 Å². The fourth-order valence-electron chi connectivity index (χ4n) is 0.492. The van der Waals surface area contributed by atoms with E-state index in [-0.39, 0.29) is 5.06 Å². The standard InChI is InChI=1S/C6H4F2O3S/c7-6(8,5(9)10)11-4-2-1-3-12-4/h1-3H,(H,9,10). The minimum atomic E-state index is -4.15. The van der Waals surface area contributed by atoms with Gasteiger partial charge in [-0.2, -0.15) is 8.78 Å². The molecule has 1 N–H and O–H groups in total. The van der Waals surface area contributed by atoms with Gasteiger partial charge < -0.3 is 9.84 Å². The van der Waals surface area contributed by atoms with Crippen LogP contribution < -0.4 is 4.74 Å². The second-order valence-electron chi connectivity index (χ2n) is 1.86. The lowest BCUT2D eigenvalue weighted by Crippen LogP contribution is -2.34. The minimum Gasteiger partial charge on any atom is -0.474 e. The molecule has 0 aliphatic rings. The Labute approximate surface area is 70.2 Å². The molecule has 1 rings (SSSR count). The predicted molar refractivity (Wildman–Crippen MR) is 37.5 cm³/mol. The number of hydrogen-bond donors (Lipinski definition) is 1. The predicted octanol–water partition coefficient (Wildman–Crippen LogP) is 1.80. The van der Waals surface area contributed by atoms with Gasteiger partial charge in [0.15, 0.2) is 5.06 Å². The second kappa shape index (κ2) is 3.06. The van der Waals surface area contributed by atoms with Crippen molar-refractivity contribution in [2.45, 2.75) is 6.11 Å². The minimum absolute atomic E-state index is 0.123. The Balaban J connectivity index is 2.69. The smallest absolute Gasteiger partial charge is 0.474 e. The lowest BCUT2D eigenvalue weighted by Gasteiger charge is -2.10. The number of carboxylic acid groups (broad SMARTS) is 1. The van der Waals surface area contributed by atoms with E-state index < -0.39 is 12.1 Å². The van der Waals surface area contributed by atoms with E-state index in [0.717, 1.165) is 11.3 Å². The third kappa shape index (κ3) is 1.91. The van der Waals surface area contributed by atoms with Crippen molar-refractivity contribution in [1.82, 2.24) is 0 Å². The molecule has 0 fully saturated rings. The molecule has 0 radical (unpaired) electrons. The SMILES string of the molecule is O=C(O)C(F)(F)Oc1cccs1. The third-order valence-corrected chi connectivity index (χ3v) is 1.72. The highest BCUT2D eigenvalue weighted by Crippen LogP contribution is 2.25. The summed E-state index contributed by atoms with van der Waals surface area (Å²) >= 11 is 0.902. The van der Waals surface area contributed by atoms with Crippen molar-refractivity contribution in [2.24, 2.45) is 0 Å². The Kier molecular flexibility index (Phi) is 2.27. The number of aliphatic carboxylic acids is 1. The van der Waals surface area contributed by atoms with Gasteiger partial charge in [0.05, 0.1) is 0 Å². The summed E-state index contributed by atoms with van der Waals surface area (Å²) in [4.78, 5) is 9.88. The molecule has 1 aromatic rings. The topological polar surface area (TPSA) is 46.5 Å². The van der Waals surface area contributed by atoms with E-state index in [4.69, 9.17) is 5.11 Å². The van der Waals surface area contributed by atoms with Gasteiger partial charge >= 0.3 is 12.1 Å². The molecule has 0 saturated heterocycles. The van der Waals surface area contributed by atoms with Crippen LogP contribution in [-0.2, 0) is 4.79 Å². The molecule has 0 spiro atoms. The zero-order chi connectivity index (χ0) is 9.19. The Morgan fingerprint density at radius 2 is 2.33 bits per heavy atom. The van der Waals surface area contributed by atoms with Crippen molar-refractivity contribution in [3.05, 3.63) is 17.5 Å². The number of ether oxygens (including phenoxy) is 1. The Hall–Kier alpha value is -1.17. The lowest BCUT2D eigenvalue weighted by atomic mass is 10.6. The van der Waals surface area contributed by atoms with Crippen LogP contribution in [0.3, 0.4) is 0 Å². The molecule has 0 atom stereocenters. The summed E-state index contributed by atoms with van der Waals surface area (Å²) < 4.78 is 28.5. The zero-order valence-electron chi connectivity index (χ0n) is 5.66. The van der Waals surface area contributed by atoms with E-state index >= 15 is 0 Å². The van der Waals surface area contributed by atoms with E-state index in [1.165, 1.54) is 17.5 Å². The van der Waals surface area contributed by atoms with Gasteiger partial charge in [-0.25, -0.2) is 4.79 Å². The van der Waals surface area contributed by atoms with Gasteiger partial charge in [-0.3, -0.25) is 0 Å². The molecular weight excluding hydrogens is 190 g/mol. The molecule has 0 saturated carbocycles. The molecule has 66 valence electrons. The number of halogens is 2. The van der Waals surface area contributed by atoms with Crippen LogP contribution >= 0.6 is 11.3 Å². The summed E-state index contributed by atoms with van der Waals surface area (Å²) in [5.74, 6) is -2.30. The van der Waals surface area contributed by atoms with Gasteiger partial charge in [-0.05, 0) is 17.5 Å². The van der Waals surface area contributed by atoms with Crippen molar-refractivity contribution in [2.75, 3.05) is 0 Å². The molecule has 0 unspecified atom stereocenters. The number of carboxylic acids is 1. The summed E-state index contributed by atoms with van der Waals surface area (Å²) in [6.45, 7) is 0. The maximum Gasteiger partial charge on any atom is 0.502 e. The first kappa shape index (κ1) is 8.92. The number of thiophene rings is 1. The van der Waals surface area contributed by atoms with E-state index in [1.54, 1.807) is 0 Å². The molecule has 1 aromatic heterocycles. The highest BCUT2D eigenvalue weighted by molar-refractivity contribution is 7.11. The van der Waals surface area contributed by atoms with E-state index in [0.29, 0.717) is 0 Å². The van der Waals surface area contributed by atoms with Crippen LogP contribution in [-0.4, -0.2) is 17.2 Å². The van der Waals surface area contributed by atoms with Crippen LogP contribution in [0.15, 0.2) is 17.5 Å². The van der Waals surface area contributed by atoms with Crippen LogP contribution in [0.5, 0.6) is 5.06 Å². The molecule has 0 bridgehead atoms. The monoisotopic (exact) mass is 194 g/mol. The Bertz CT molecular complexity index is 270. The number of hydrogen-bond acceptors (Lipinski definition) is 3. The van der Waals surface area contributed by atoms with Crippen LogP contribution in [0.25, 0.3) is 0 Å². The van der Waals surface area contributed by atoms with E-state index in [2.05, 4.69) is 4.74 Å². The molecule has 0 aliphatic heterocycles. The summed E-state index contributed by atoms with van der Waals surface area (Å²) in [5.41, 5.74) is 0. The average molecular weight is 194 g/mol. The van der Waals surface area contributed by atoms with Crippen LogP contribution in [0, 0.1) is 0 Å². The average Bonchev–Trinajstić information content (AvgIpc) is 2.38.